The lowest BCUT2D eigenvalue weighted by Gasteiger charge is -2.18. The highest BCUT2D eigenvalue weighted by Gasteiger charge is 2.29. The fourth-order valence-corrected chi connectivity index (χ4v) is 3.61. The average Bonchev–Trinajstić information content (AvgIpc) is 3.04. The van der Waals surface area contributed by atoms with Gasteiger partial charge in [-0.3, -0.25) is 4.79 Å². The molecule has 0 saturated carbocycles. The summed E-state index contributed by atoms with van der Waals surface area (Å²) in [5, 5.41) is 22.6. The van der Waals surface area contributed by atoms with Crippen molar-refractivity contribution >= 4 is 18.0 Å². The Labute approximate surface area is 173 Å². The second-order valence-electron chi connectivity index (χ2n) is 7.22. The van der Waals surface area contributed by atoms with Gasteiger partial charge in [0.1, 0.15) is 12.6 Å². The van der Waals surface area contributed by atoms with Gasteiger partial charge in [-0.1, -0.05) is 48.5 Å². The van der Waals surface area contributed by atoms with Crippen molar-refractivity contribution in [3.8, 4) is 11.1 Å². The highest BCUT2D eigenvalue weighted by molar-refractivity contribution is 5.84. The van der Waals surface area contributed by atoms with Gasteiger partial charge < -0.3 is 25.6 Å². The number of aliphatic hydroxyl groups excluding tert-OH is 1. The maximum Gasteiger partial charge on any atom is 0.407 e. The van der Waals surface area contributed by atoms with E-state index in [0.717, 1.165) is 22.3 Å². The van der Waals surface area contributed by atoms with Gasteiger partial charge in [0.15, 0.2) is 0 Å². The monoisotopic (exact) mass is 412 g/mol. The van der Waals surface area contributed by atoms with Crippen LogP contribution in [0, 0.1) is 0 Å². The summed E-state index contributed by atoms with van der Waals surface area (Å²) in [5.41, 5.74) is 4.46. The van der Waals surface area contributed by atoms with E-state index in [-0.39, 0.29) is 18.9 Å². The van der Waals surface area contributed by atoms with Crippen molar-refractivity contribution < 1.29 is 29.3 Å². The van der Waals surface area contributed by atoms with E-state index in [9.17, 15) is 14.4 Å². The van der Waals surface area contributed by atoms with Gasteiger partial charge >= 0.3 is 12.1 Å². The summed E-state index contributed by atoms with van der Waals surface area (Å²) in [6.07, 6.45) is -0.803. The Hall–Kier alpha value is -3.39. The average molecular weight is 412 g/mol. The van der Waals surface area contributed by atoms with E-state index in [1.807, 2.05) is 48.5 Å². The van der Waals surface area contributed by atoms with E-state index >= 15 is 0 Å². The molecule has 0 spiro atoms. The minimum absolute atomic E-state index is 0.0670. The van der Waals surface area contributed by atoms with Crippen LogP contribution in [0.1, 0.15) is 30.4 Å². The standard InChI is InChI=1S/C22H24N2O6/c1-13(10-20(26)24-19(11-25)21(27)28)23-22(29)30-12-18-16-8-4-2-6-14(16)15-7-3-5-9-17(15)18/h2-9,13,18-19,25H,10-12H2,1H3,(H,23,29)(H,24,26)(H,27,28)/t13-,19+/m1/s1. The van der Waals surface area contributed by atoms with Gasteiger partial charge in [0.05, 0.1) is 6.61 Å². The van der Waals surface area contributed by atoms with Crippen LogP contribution in [-0.2, 0) is 14.3 Å². The SMILES string of the molecule is C[C@H](CC(=O)N[C@@H](CO)C(=O)O)NC(=O)OCC1c2ccccc2-c2ccccc21. The third kappa shape index (κ3) is 4.77. The van der Waals surface area contributed by atoms with Crippen molar-refractivity contribution in [1.29, 1.82) is 0 Å². The molecular weight excluding hydrogens is 388 g/mol. The predicted octanol–water partition coefficient (Wildman–Crippen LogP) is 1.87. The lowest BCUT2D eigenvalue weighted by Crippen LogP contribution is -2.45. The first-order chi connectivity index (χ1) is 14.4. The van der Waals surface area contributed by atoms with E-state index in [1.165, 1.54) is 0 Å². The molecule has 4 N–H and O–H groups in total. The highest BCUT2D eigenvalue weighted by Crippen LogP contribution is 2.44. The molecule has 158 valence electrons. The molecule has 0 fully saturated rings. The molecule has 1 aliphatic carbocycles. The lowest BCUT2D eigenvalue weighted by atomic mass is 9.98. The number of carbonyl (C=O) groups excluding carboxylic acids is 2. The summed E-state index contributed by atoms with van der Waals surface area (Å²) in [7, 11) is 0. The first-order valence-electron chi connectivity index (χ1n) is 9.65. The van der Waals surface area contributed by atoms with Crippen molar-refractivity contribution in [3.05, 3.63) is 59.7 Å². The van der Waals surface area contributed by atoms with Gasteiger partial charge in [-0.25, -0.2) is 9.59 Å². The molecule has 3 rings (SSSR count). The number of aliphatic carboxylic acids is 1. The van der Waals surface area contributed by atoms with Gasteiger partial charge in [0.2, 0.25) is 5.91 Å². The number of nitrogens with one attached hydrogen (secondary N) is 2. The van der Waals surface area contributed by atoms with Gasteiger partial charge in [0.25, 0.3) is 0 Å². The molecular formula is C22H24N2O6. The molecule has 0 unspecified atom stereocenters. The number of carbonyl (C=O) groups is 3. The van der Waals surface area contributed by atoms with E-state index in [0.29, 0.717) is 0 Å². The number of aliphatic hydroxyl groups is 1. The molecule has 0 saturated heterocycles. The molecule has 8 heteroatoms. The van der Waals surface area contributed by atoms with Gasteiger partial charge in [-0.05, 0) is 29.2 Å². The van der Waals surface area contributed by atoms with Crippen molar-refractivity contribution in [3.63, 3.8) is 0 Å². The van der Waals surface area contributed by atoms with Crippen molar-refractivity contribution in [2.75, 3.05) is 13.2 Å². The second-order valence-corrected chi connectivity index (χ2v) is 7.22. The Kier molecular flexibility index (Phi) is 6.68. The van der Waals surface area contributed by atoms with E-state index in [4.69, 9.17) is 14.9 Å². The summed E-state index contributed by atoms with van der Waals surface area (Å²) in [6.45, 7) is 1.05. The molecule has 30 heavy (non-hydrogen) atoms. The van der Waals surface area contributed by atoms with Crippen LogP contribution in [0.5, 0.6) is 0 Å². The molecule has 0 bridgehead atoms. The Morgan fingerprint density at radius 1 is 1.00 bits per heavy atom. The number of hydrogen-bond donors (Lipinski definition) is 4. The summed E-state index contributed by atoms with van der Waals surface area (Å²) < 4.78 is 5.42. The number of alkyl carbamates (subject to hydrolysis) is 1. The van der Waals surface area contributed by atoms with E-state index in [2.05, 4.69) is 10.6 Å². The Morgan fingerprint density at radius 2 is 1.57 bits per heavy atom. The third-order valence-electron chi connectivity index (χ3n) is 5.02. The molecule has 1 aliphatic rings. The molecule has 8 nitrogen and oxygen atoms in total. The normalized spacial score (nSPS) is 14.2. The first-order valence-corrected chi connectivity index (χ1v) is 9.65. The molecule has 2 amide bonds. The minimum Gasteiger partial charge on any atom is -0.480 e. The van der Waals surface area contributed by atoms with Gasteiger partial charge in [-0.2, -0.15) is 0 Å². The van der Waals surface area contributed by atoms with Crippen LogP contribution >= 0.6 is 0 Å². The lowest BCUT2D eigenvalue weighted by molar-refractivity contribution is -0.143. The van der Waals surface area contributed by atoms with Crippen LogP contribution in [0.15, 0.2) is 48.5 Å². The largest absolute Gasteiger partial charge is 0.480 e. The van der Waals surface area contributed by atoms with Crippen LogP contribution in [0.2, 0.25) is 0 Å². The number of fused-ring (bicyclic) bond motifs is 3. The van der Waals surface area contributed by atoms with Crippen LogP contribution in [0.25, 0.3) is 11.1 Å². The number of hydrogen-bond acceptors (Lipinski definition) is 5. The summed E-state index contributed by atoms with van der Waals surface area (Å²) >= 11 is 0. The zero-order valence-electron chi connectivity index (χ0n) is 16.5. The molecule has 0 aliphatic heterocycles. The maximum atomic E-state index is 12.2. The predicted molar refractivity (Wildman–Crippen MR) is 109 cm³/mol. The van der Waals surface area contributed by atoms with Crippen LogP contribution < -0.4 is 10.6 Å². The summed E-state index contributed by atoms with van der Waals surface area (Å²) in [5.74, 6) is -1.99. The van der Waals surface area contributed by atoms with Crippen molar-refractivity contribution in [1.82, 2.24) is 10.6 Å². The Balaban J connectivity index is 1.54. The minimum atomic E-state index is -1.38. The quantitative estimate of drug-likeness (QED) is 0.525. The highest BCUT2D eigenvalue weighted by atomic mass is 16.5. The molecule has 2 aromatic rings. The van der Waals surface area contributed by atoms with Crippen LogP contribution in [0.3, 0.4) is 0 Å². The Morgan fingerprint density at radius 3 is 2.10 bits per heavy atom. The zero-order chi connectivity index (χ0) is 21.7. The fourth-order valence-electron chi connectivity index (χ4n) is 3.61. The molecule has 2 atom stereocenters. The molecule has 0 aromatic heterocycles. The third-order valence-corrected chi connectivity index (χ3v) is 5.02. The topological polar surface area (TPSA) is 125 Å². The number of carboxylic acid groups (broad SMARTS) is 1. The smallest absolute Gasteiger partial charge is 0.407 e. The van der Waals surface area contributed by atoms with Crippen LogP contribution in [-0.4, -0.2) is 53.5 Å². The molecule has 0 heterocycles. The van der Waals surface area contributed by atoms with Gasteiger partial charge in [-0.15, -0.1) is 0 Å². The van der Waals surface area contributed by atoms with E-state index in [1.54, 1.807) is 6.92 Å². The van der Waals surface area contributed by atoms with Gasteiger partial charge in [0, 0.05) is 18.4 Å². The van der Waals surface area contributed by atoms with Crippen molar-refractivity contribution in [2.45, 2.75) is 31.3 Å². The number of amides is 2. The van der Waals surface area contributed by atoms with Crippen LogP contribution in [0.4, 0.5) is 4.79 Å². The number of carboxylic acids is 1. The Bertz CT molecular complexity index is 899. The summed E-state index contributed by atoms with van der Waals surface area (Å²) in [4.78, 5) is 34.9. The zero-order valence-corrected chi connectivity index (χ0v) is 16.5. The number of benzene rings is 2. The first kappa shape index (κ1) is 21.3. The maximum absolute atomic E-state index is 12.2. The number of rotatable bonds is 8. The van der Waals surface area contributed by atoms with E-state index < -0.39 is 36.7 Å². The number of ether oxygens (including phenoxy) is 1. The summed E-state index contributed by atoms with van der Waals surface area (Å²) in [6, 6.07) is 14.0. The van der Waals surface area contributed by atoms with Crippen molar-refractivity contribution in [2.24, 2.45) is 0 Å². The second kappa shape index (κ2) is 9.41. The fraction of sp³-hybridized carbons (Fsp3) is 0.318. The molecule has 0 radical (unpaired) electrons. The molecule has 2 aromatic carbocycles.